The number of carbonyl (C=O) groups excluding carboxylic acids is 1. The van der Waals surface area contributed by atoms with E-state index in [2.05, 4.69) is 20.6 Å². The number of anilines is 2. The van der Waals surface area contributed by atoms with E-state index in [-0.39, 0.29) is 5.82 Å². The minimum atomic E-state index is -0.857. The number of halogens is 2. The predicted octanol–water partition coefficient (Wildman–Crippen LogP) is 2.40. The molecule has 0 spiro atoms. The molecule has 7 heteroatoms. The minimum absolute atomic E-state index is 0.173. The van der Waals surface area contributed by atoms with Crippen LogP contribution < -0.4 is 10.6 Å². The topological polar surface area (TPSA) is 66.9 Å². The first kappa shape index (κ1) is 11.9. The van der Waals surface area contributed by atoms with E-state index in [4.69, 9.17) is 0 Å². The van der Waals surface area contributed by atoms with Crippen LogP contribution in [0.25, 0.3) is 0 Å². The van der Waals surface area contributed by atoms with Crippen LogP contribution in [0.2, 0.25) is 0 Å². The number of amides is 2. The van der Waals surface area contributed by atoms with Crippen LogP contribution in [-0.2, 0) is 0 Å². The number of aromatic nitrogens is 2. The number of nitrogens with one attached hydrogen (secondary N) is 2. The van der Waals surface area contributed by atoms with Gasteiger partial charge in [-0.2, -0.15) is 0 Å². The van der Waals surface area contributed by atoms with Crippen LogP contribution in [0, 0.1) is 11.6 Å². The largest absolute Gasteiger partial charge is 0.325 e. The van der Waals surface area contributed by atoms with Crippen molar-refractivity contribution in [1.29, 1.82) is 0 Å². The second-order valence-electron chi connectivity index (χ2n) is 3.27. The van der Waals surface area contributed by atoms with Gasteiger partial charge in [-0.1, -0.05) is 6.07 Å². The lowest BCUT2D eigenvalue weighted by Crippen LogP contribution is -2.21. The van der Waals surface area contributed by atoms with Gasteiger partial charge in [0.1, 0.15) is 17.3 Å². The van der Waals surface area contributed by atoms with E-state index >= 15 is 0 Å². The molecule has 0 aliphatic rings. The molecule has 2 rings (SSSR count). The van der Waals surface area contributed by atoms with E-state index in [9.17, 15) is 13.6 Å². The summed E-state index contributed by atoms with van der Waals surface area (Å²) in [5, 5.41) is 4.35. The number of hydrogen-bond donors (Lipinski definition) is 2. The van der Waals surface area contributed by atoms with Gasteiger partial charge in [-0.25, -0.2) is 18.6 Å². The third kappa shape index (κ3) is 2.76. The molecule has 0 radical (unpaired) electrons. The van der Waals surface area contributed by atoms with Crippen molar-refractivity contribution in [2.24, 2.45) is 0 Å². The van der Waals surface area contributed by atoms with E-state index in [1.165, 1.54) is 24.7 Å². The van der Waals surface area contributed by atoms with Crippen molar-refractivity contribution >= 4 is 17.5 Å². The zero-order valence-corrected chi connectivity index (χ0v) is 9.02. The third-order valence-corrected chi connectivity index (χ3v) is 2.01. The lowest BCUT2D eigenvalue weighted by Gasteiger charge is -2.08. The third-order valence-electron chi connectivity index (χ3n) is 2.01. The lowest BCUT2D eigenvalue weighted by atomic mass is 10.3. The van der Waals surface area contributed by atoms with E-state index in [1.54, 1.807) is 0 Å². The Balaban J connectivity index is 2.08. The summed E-state index contributed by atoms with van der Waals surface area (Å²) >= 11 is 0. The number of urea groups is 1. The Morgan fingerprint density at radius 1 is 1.11 bits per heavy atom. The van der Waals surface area contributed by atoms with Gasteiger partial charge in [-0.05, 0) is 12.1 Å². The second-order valence-corrected chi connectivity index (χ2v) is 3.27. The van der Waals surface area contributed by atoms with Crippen LogP contribution in [-0.4, -0.2) is 16.0 Å². The summed E-state index contributed by atoms with van der Waals surface area (Å²) in [6, 6.07) is 2.48. The summed E-state index contributed by atoms with van der Waals surface area (Å²) in [6.07, 6.45) is 4.11. The Morgan fingerprint density at radius 3 is 2.44 bits per heavy atom. The first-order valence-electron chi connectivity index (χ1n) is 4.95. The number of carbonyl (C=O) groups is 1. The molecule has 2 aromatic rings. The average molecular weight is 250 g/mol. The summed E-state index contributed by atoms with van der Waals surface area (Å²) in [5.41, 5.74) is -0.515. The zero-order chi connectivity index (χ0) is 13.0. The molecule has 0 unspecified atom stereocenters. The van der Waals surface area contributed by atoms with E-state index in [0.29, 0.717) is 0 Å². The van der Waals surface area contributed by atoms with Gasteiger partial charge in [0, 0.05) is 12.4 Å². The minimum Gasteiger partial charge on any atom is -0.303 e. The standard InChI is InChI=1S/C11H8F2N4O/c12-7-2-1-3-8(13)10(7)17-11(18)16-9-6-14-4-5-15-9/h1-6H,(H2,15,16,17,18). The highest BCUT2D eigenvalue weighted by Crippen LogP contribution is 2.17. The number of hydrogen-bond acceptors (Lipinski definition) is 3. The quantitative estimate of drug-likeness (QED) is 0.860. The van der Waals surface area contributed by atoms with Crippen molar-refractivity contribution in [1.82, 2.24) is 9.97 Å². The number of para-hydroxylation sites is 1. The van der Waals surface area contributed by atoms with Gasteiger partial charge in [0.15, 0.2) is 5.82 Å². The highest BCUT2D eigenvalue weighted by atomic mass is 19.1. The Morgan fingerprint density at radius 2 is 1.83 bits per heavy atom. The number of nitrogens with zero attached hydrogens (tertiary/aromatic N) is 2. The molecule has 0 atom stereocenters. The van der Waals surface area contributed by atoms with Crippen molar-refractivity contribution in [3.63, 3.8) is 0 Å². The number of rotatable bonds is 2. The van der Waals surface area contributed by atoms with Crippen molar-refractivity contribution in [2.75, 3.05) is 10.6 Å². The van der Waals surface area contributed by atoms with Crippen molar-refractivity contribution in [3.05, 3.63) is 48.4 Å². The fourth-order valence-corrected chi connectivity index (χ4v) is 1.24. The van der Waals surface area contributed by atoms with Crippen molar-refractivity contribution < 1.29 is 13.6 Å². The highest BCUT2D eigenvalue weighted by molar-refractivity contribution is 5.99. The monoisotopic (exact) mass is 250 g/mol. The molecule has 0 saturated carbocycles. The summed E-state index contributed by atoms with van der Waals surface area (Å²) in [5.74, 6) is -1.54. The molecule has 1 heterocycles. The summed E-state index contributed by atoms with van der Waals surface area (Å²) < 4.78 is 26.5. The molecule has 2 N–H and O–H groups in total. The van der Waals surface area contributed by atoms with Gasteiger partial charge < -0.3 is 5.32 Å². The summed E-state index contributed by atoms with van der Waals surface area (Å²) in [6.45, 7) is 0. The van der Waals surface area contributed by atoms with Crippen LogP contribution in [0.5, 0.6) is 0 Å². The molecule has 0 aliphatic carbocycles. The molecule has 2 amide bonds. The van der Waals surface area contributed by atoms with Gasteiger partial charge in [-0.15, -0.1) is 0 Å². The fraction of sp³-hybridized carbons (Fsp3) is 0. The van der Waals surface area contributed by atoms with Crippen LogP contribution in [0.15, 0.2) is 36.8 Å². The predicted molar refractivity (Wildman–Crippen MR) is 61.0 cm³/mol. The van der Waals surface area contributed by atoms with Gasteiger partial charge in [-0.3, -0.25) is 10.3 Å². The fourth-order valence-electron chi connectivity index (χ4n) is 1.24. The first-order chi connectivity index (χ1) is 8.66. The van der Waals surface area contributed by atoms with E-state index in [1.807, 2.05) is 0 Å². The Bertz CT molecular complexity index is 542. The Hall–Kier alpha value is -2.57. The normalized spacial score (nSPS) is 9.89. The summed E-state index contributed by atoms with van der Waals surface area (Å²) in [7, 11) is 0. The van der Waals surface area contributed by atoms with Crippen molar-refractivity contribution in [2.45, 2.75) is 0 Å². The SMILES string of the molecule is O=C(Nc1cnccn1)Nc1c(F)cccc1F. The van der Waals surface area contributed by atoms with Crippen LogP contribution >= 0.6 is 0 Å². The molecule has 18 heavy (non-hydrogen) atoms. The first-order valence-corrected chi connectivity index (χ1v) is 4.95. The molecule has 0 saturated heterocycles. The van der Waals surface area contributed by atoms with Gasteiger partial charge >= 0.3 is 6.03 Å². The van der Waals surface area contributed by atoms with Gasteiger partial charge in [0.25, 0.3) is 0 Å². The van der Waals surface area contributed by atoms with E-state index in [0.717, 1.165) is 12.1 Å². The molecule has 0 fully saturated rings. The number of benzene rings is 1. The molecule has 5 nitrogen and oxygen atoms in total. The zero-order valence-electron chi connectivity index (χ0n) is 9.02. The maximum Gasteiger partial charge on any atom is 0.325 e. The maximum absolute atomic E-state index is 13.2. The molecule has 1 aromatic carbocycles. The van der Waals surface area contributed by atoms with Crippen LogP contribution in [0.3, 0.4) is 0 Å². The van der Waals surface area contributed by atoms with Gasteiger partial charge in [0.05, 0.1) is 6.20 Å². The lowest BCUT2D eigenvalue weighted by molar-refractivity contribution is 0.262. The van der Waals surface area contributed by atoms with Crippen molar-refractivity contribution in [3.8, 4) is 0 Å². The Kier molecular flexibility index (Phi) is 3.42. The van der Waals surface area contributed by atoms with E-state index < -0.39 is 23.4 Å². The molecule has 1 aromatic heterocycles. The maximum atomic E-state index is 13.2. The van der Waals surface area contributed by atoms with Crippen LogP contribution in [0.1, 0.15) is 0 Å². The molecule has 0 bridgehead atoms. The highest BCUT2D eigenvalue weighted by Gasteiger charge is 2.11. The smallest absolute Gasteiger partial charge is 0.303 e. The molecular formula is C11H8F2N4O. The summed E-state index contributed by atoms with van der Waals surface area (Å²) in [4.78, 5) is 19.0. The Labute approximate surface area is 101 Å². The molecular weight excluding hydrogens is 242 g/mol. The van der Waals surface area contributed by atoms with Gasteiger partial charge in [0.2, 0.25) is 0 Å². The second kappa shape index (κ2) is 5.17. The van der Waals surface area contributed by atoms with Crippen LogP contribution in [0.4, 0.5) is 25.1 Å². The molecule has 92 valence electrons. The molecule has 0 aliphatic heterocycles. The average Bonchev–Trinajstić information content (AvgIpc) is 2.35.